The first-order valence-electron chi connectivity index (χ1n) is 6.26. The molecule has 8 nitrogen and oxygen atoms in total. The monoisotopic (exact) mass is 279 g/mol. The average molecular weight is 279 g/mol. The second kappa shape index (κ2) is 5.32. The van der Waals surface area contributed by atoms with Crippen LogP contribution in [0.15, 0.2) is 4.79 Å². The zero-order valence-electron chi connectivity index (χ0n) is 11.7. The van der Waals surface area contributed by atoms with Crippen molar-refractivity contribution in [2.45, 2.75) is 40.3 Å². The van der Waals surface area contributed by atoms with Crippen molar-refractivity contribution in [3.8, 4) is 0 Å². The van der Waals surface area contributed by atoms with Gasteiger partial charge in [-0.15, -0.1) is 0 Å². The number of hydrogen-bond acceptors (Lipinski definition) is 4. The molecule has 0 fully saturated rings. The summed E-state index contributed by atoms with van der Waals surface area (Å²) in [6, 6.07) is 0. The van der Waals surface area contributed by atoms with Gasteiger partial charge < -0.3 is 5.11 Å². The first kappa shape index (κ1) is 14.0. The van der Waals surface area contributed by atoms with Gasteiger partial charge in [-0.05, 0) is 26.3 Å². The van der Waals surface area contributed by atoms with Gasteiger partial charge in [0.15, 0.2) is 5.82 Å². The Bertz CT molecular complexity index is 695. The third-order valence-electron chi connectivity index (χ3n) is 3.42. The lowest BCUT2D eigenvalue weighted by molar-refractivity contribution is -0.137. The number of aromatic amines is 1. The van der Waals surface area contributed by atoms with Gasteiger partial charge in [-0.3, -0.25) is 14.0 Å². The second-order valence-corrected chi connectivity index (χ2v) is 4.69. The van der Waals surface area contributed by atoms with Crippen LogP contribution in [0.2, 0.25) is 0 Å². The summed E-state index contributed by atoms with van der Waals surface area (Å²) in [5.41, 5.74) is 2.62. The molecule has 2 aromatic rings. The maximum atomic E-state index is 11.6. The van der Waals surface area contributed by atoms with E-state index in [9.17, 15) is 9.59 Å². The van der Waals surface area contributed by atoms with Crippen LogP contribution in [0.4, 0.5) is 0 Å². The third-order valence-corrected chi connectivity index (χ3v) is 3.42. The van der Waals surface area contributed by atoms with Crippen LogP contribution in [0.1, 0.15) is 29.2 Å². The largest absolute Gasteiger partial charge is 0.481 e. The predicted octanol–water partition coefficient (Wildman–Crippen LogP) is 0.216. The summed E-state index contributed by atoms with van der Waals surface area (Å²) >= 11 is 0. The van der Waals surface area contributed by atoms with E-state index >= 15 is 0 Å². The molecule has 0 aromatic carbocycles. The number of H-pyrrole nitrogens is 1. The van der Waals surface area contributed by atoms with E-state index in [1.807, 2.05) is 20.8 Å². The van der Waals surface area contributed by atoms with Gasteiger partial charge in [-0.1, -0.05) is 0 Å². The maximum absolute atomic E-state index is 11.6. The lowest BCUT2D eigenvalue weighted by Gasteiger charge is -2.06. The number of nitrogens with one attached hydrogen (secondary N) is 1. The van der Waals surface area contributed by atoms with E-state index in [1.54, 1.807) is 4.68 Å². The molecule has 0 aliphatic heterocycles. The van der Waals surface area contributed by atoms with Crippen LogP contribution in [0.25, 0.3) is 0 Å². The molecule has 0 aliphatic carbocycles. The van der Waals surface area contributed by atoms with Crippen molar-refractivity contribution in [2.24, 2.45) is 0 Å². The van der Waals surface area contributed by atoms with Crippen LogP contribution in [0.5, 0.6) is 0 Å². The van der Waals surface area contributed by atoms with Gasteiger partial charge in [0.2, 0.25) is 0 Å². The van der Waals surface area contributed by atoms with Crippen molar-refractivity contribution in [1.29, 1.82) is 0 Å². The molecule has 0 spiro atoms. The fourth-order valence-corrected chi connectivity index (χ4v) is 1.98. The molecular weight excluding hydrogens is 262 g/mol. The fraction of sp³-hybridized carbons (Fsp3) is 0.500. The van der Waals surface area contributed by atoms with Crippen molar-refractivity contribution >= 4 is 5.97 Å². The molecule has 2 rings (SSSR count). The van der Waals surface area contributed by atoms with Gasteiger partial charge >= 0.3 is 11.7 Å². The Labute approximate surface area is 115 Å². The van der Waals surface area contributed by atoms with Gasteiger partial charge in [0.1, 0.15) is 6.54 Å². The molecule has 0 unspecified atom stereocenters. The van der Waals surface area contributed by atoms with Crippen LogP contribution in [0.3, 0.4) is 0 Å². The number of carbonyl (C=O) groups is 1. The minimum absolute atomic E-state index is 0.0955. The van der Waals surface area contributed by atoms with Crippen LogP contribution in [-0.4, -0.2) is 35.6 Å². The summed E-state index contributed by atoms with van der Waals surface area (Å²) in [6.07, 6.45) is -0.122. The zero-order chi connectivity index (χ0) is 14.9. The van der Waals surface area contributed by atoms with Gasteiger partial charge in [-0.2, -0.15) is 10.2 Å². The van der Waals surface area contributed by atoms with E-state index in [0.29, 0.717) is 12.4 Å². The molecule has 0 aliphatic rings. The molecule has 2 N–H and O–H groups in total. The summed E-state index contributed by atoms with van der Waals surface area (Å²) in [5.74, 6) is -0.479. The molecule has 0 saturated carbocycles. The number of aliphatic carboxylic acids is 1. The molecule has 0 saturated heterocycles. The zero-order valence-corrected chi connectivity index (χ0v) is 11.7. The standard InChI is InChI=1S/C12H17N5O3/c1-7-8(2)15-17(9(7)3)6-10-13-14-12(20)16(10)5-4-11(18)19/h4-6H2,1-3H3,(H,14,20)(H,18,19). The Balaban J connectivity index is 2.27. The van der Waals surface area contributed by atoms with E-state index in [0.717, 1.165) is 17.0 Å². The molecule has 2 aromatic heterocycles. The van der Waals surface area contributed by atoms with E-state index < -0.39 is 11.7 Å². The second-order valence-electron chi connectivity index (χ2n) is 4.69. The van der Waals surface area contributed by atoms with Gasteiger partial charge in [0, 0.05) is 12.2 Å². The highest BCUT2D eigenvalue weighted by Gasteiger charge is 2.13. The number of aromatic nitrogens is 5. The molecule has 8 heteroatoms. The molecule has 0 atom stereocenters. The van der Waals surface area contributed by atoms with Crippen LogP contribution >= 0.6 is 0 Å². The smallest absolute Gasteiger partial charge is 0.343 e. The minimum atomic E-state index is -0.953. The third kappa shape index (κ3) is 2.63. The van der Waals surface area contributed by atoms with E-state index in [2.05, 4.69) is 15.3 Å². The number of rotatable bonds is 5. The highest BCUT2D eigenvalue weighted by atomic mass is 16.4. The first-order chi connectivity index (χ1) is 9.40. The molecule has 108 valence electrons. The molecule has 0 bridgehead atoms. The van der Waals surface area contributed by atoms with Crippen molar-refractivity contribution in [3.63, 3.8) is 0 Å². The number of carboxylic acid groups (broad SMARTS) is 1. The Morgan fingerprint density at radius 1 is 1.35 bits per heavy atom. The normalized spacial score (nSPS) is 10.9. The fourth-order valence-electron chi connectivity index (χ4n) is 1.98. The van der Waals surface area contributed by atoms with Crippen LogP contribution in [-0.2, 0) is 17.9 Å². The molecule has 0 amide bonds. The quantitative estimate of drug-likeness (QED) is 0.814. The number of nitrogens with zero attached hydrogens (tertiary/aromatic N) is 4. The Kier molecular flexibility index (Phi) is 3.73. The number of aryl methyl sites for hydroxylation is 1. The Morgan fingerprint density at radius 2 is 2.05 bits per heavy atom. The Hall–Kier alpha value is -2.38. The highest BCUT2D eigenvalue weighted by molar-refractivity contribution is 5.66. The SMILES string of the molecule is Cc1nn(Cc2n[nH]c(=O)n2CCC(=O)O)c(C)c1C. The summed E-state index contributed by atoms with van der Waals surface area (Å²) < 4.78 is 3.09. The van der Waals surface area contributed by atoms with Gasteiger partial charge in [0.25, 0.3) is 0 Å². The van der Waals surface area contributed by atoms with Gasteiger partial charge in [-0.25, -0.2) is 9.89 Å². The number of carboxylic acids is 1. The van der Waals surface area contributed by atoms with Crippen molar-refractivity contribution in [3.05, 3.63) is 33.3 Å². The topological polar surface area (TPSA) is 106 Å². The Morgan fingerprint density at radius 3 is 2.60 bits per heavy atom. The maximum Gasteiger partial charge on any atom is 0.343 e. The first-order valence-corrected chi connectivity index (χ1v) is 6.26. The molecule has 0 radical (unpaired) electrons. The summed E-state index contributed by atoms with van der Waals surface area (Å²) in [7, 11) is 0. The lowest BCUT2D eigenvalue weighted by Crippen LogP contribution is -2.22. The molecule has 2 heterocycles. The van der Waals surface area contributed by atoms with Crippen molar-refractivity contribution in [1.82, 2.24) is 24.5 Å². The van der Waals surface area contributed by atoms with E-state index in [-0.39, 0.29) is 13.0 Å². The van der Waals surface area contributed by atoms with Crippen molar-refractivity contribution in [2.75, 3.05) is 0 Å². The average Bonchev–Trinajstić information content (AvgIpc) is 2.84. The lowest BCUT2D eigenvalue weighted by atomic mass is 10.2. The summed E-state index contributed by atoms with van der Waals surface area (Å²) in [4.78, 5) is 22.2. The number of hydrogen-bond donors (Lipinski definition) is 2. The summed E-state index contributed by atoms with van der Waals surface area (Å²) in [5, 5.41) is 19.4. The van der Waals surface area contributed by atoms with Crippen LogP contribution < -0.4 is 5.69 Å². The van der Waals surface area contributed by atoms with Crippen LogP contribution in [0, 0.1) is 20.8 Å². The van der Waals surface area contributed by atoms with Crippen molar-refractivity contribution < 1.29 is 9.90 Å². The van der Waals surface area contributed by atoms with E-state index in [4.69, 9.17) is 5.11 Å². The minimum Gasteiger partial charge on any atom is -0.481 e. The van der Waals surface area contributed by atoms with Gasteiger partial charge in [0.05, 0.1) is 12.1 Å². The molecule has 20 heavy (non-hydrogen) atoms. The summed E-state index contributed by atoms with van der Waals surface area (Å²) in [6.45, 7) is 6.27. The van der Waals surface area contributed by atoms with E-state index in [1.165, 1.54) is 4.57 Å². The predicted molar refractivity (Wildman–Crippen MR) is 70.6 cm³/mol. The highest BCUT2D eigenvalue weighted by Crippen LogP contribution is 2.12. The molecular formula is C12H17N5O3.